The van der Waals surface area contributed by atoms with Crippen LogP contribution in [0.2, 0.25) is 20.1 Å². The van der Waals surface area contributed by atoms with Crippen molar-refractivity contribution >= 4 is 64.0 Å². The Morgan fingerprint density at radius 3 is 2.12 bits per heavy atom. The molecule has 0 fully saturated rings. The van der Waals surface area contributed by atoms with Crippen molar-refractivity contribution in [3.8, 4) is 0 Å². The van der Waals surface area contributed by atoms with Gasteiger partial charge >= 0.3 is 5.97 Å². The van der Waals surface area contributed by atoms with Gasteiger partial charge in [0.25, 0.3) is 0 Å². The van der Waals surface area contributed by atoms with Gasteiger partial charge in [0.1, 0.15) is 0 Å². The molecule has 2 aromatic carbocycles. The number of carbonyl (C=O) groups is 2. The van der Waals surface area contributed by atoms with E-state index in [9.17, 15) is 9.59 Å². The molecule has 2 rings (SSSR count). The maximum absolute atomic E-state index is 12.3. The molecule has 25 heavy (non-hydrogen) atoms. The molecule has 0 saturated heterocycles. The summed E-state index contributed by atoms with van der Waals surface area (Å²) in [5.41, 5.74) is 0.978. The molecule has 0 aliphatic heterocycles. The quantitative estimate of drug-likeness (QED) is 0.612. The van der Waals surface area contributed by atoms with E-state index in [0.29, 0.717) is 31.3 Å². The van der Waals surface area contributed by atoms with E-state index in [0.717, 1.165) is 0 Å². The van der Waals surface area contributed by atoms with Crippen molar-refractivity contribution in [1.29, 1.82) is 0 Å². The third-order valence-electron chi connectivity index (χ3n) is 3.40. The van der Waals surface area contributed by atoms with Crippen LogP contribution in [0.5, 0.6) is 0 Å². The van der Waals surface area contributed by atoms with Crippen LogP contribution in [0.15, 0.2) is 36.4 Å². The highest BCUT2D eigenvalue weighted by Crippen LogP contribution is 2.32. The molecule has 1 atom stereocenters. The predicted octanol–water partition coefficient (Wildman–Crippen LogP) is 5.89. The first-order valence-electron chi connectivity index (χ1n) is 7.17. The zero-order chi connectivity index (χ0) is 18.6. The molecule has 0 bridgehead atoms. The number of hydrogen-bond donors (Lipinski definition) is 2. The Balaban J connectivity index is 2.18. The van der Waals surface area contributed by atoms with E-state index in [1.807, 2.05) is 0 Å². The molecule has 132 valence electrons. The number of benzene rings is 2. The second-order valence-corrected chi connectivity index (χ2v) is 7.09. The summed E-state index contributed by atoms with van der Waals surface area (Å²) in [7, 11) is 0. The lowest BCUT2D eigenvalue weighted by molar-refractivity contribution is -0.137. The van der Waals surface area contributed by atoms with Crippen LogP contribution >= 0.6 is 46.4 Å². The fourth-order valence-corrected chi connectivity index (χ4v) is 3.49. The molecule has 0 aliphatic carbocycles. The highest BCUT2D eigenvalue weighted by Gasteiger charge is 2.22. The average Bonchev–Trinajstić information content (AvgIpc) is 2.44. The van der Waals surface area contributed by atoms with Crippen LogP contribution in [0.3, 0.4) is 0 Å². The molecule has 0 saturated carbocycles. The Morgan fingerprint density at radius 1 is 0.920 bits per heavy atom. The summed E-state index contributed by atoms with van der Waals surface area (Å²) < 4.78 is 0. The van der Waals surface area contributed by atoms with E-state index in [2.05, 4.69) is 5.32 Å². The Morgan fingerprint density at radius 2 is 1.56 bits per heavy atom. The second kappa shape index (κ2) is 8.77. The smallest absolute Gasteiger partial charge is 0.303 e. The highest BCUT2D eigenvalue weighted by molar-refractivity contribution is 6.35. The molecule has 8 heteroatoms. The summed E-state index contributed by atoms with van der Waals surface area (Å²) in [4.78, 5) is 23.5. The summed E-state index contributed by atoms with van der Waals surface area (Å²) in [6, 6.07) is 9.38. The van der Waals surface area contributed by atoms with E-state index in [4.69, 9.17) is 51.5 Å². The van der Waals surface area contributed by atoms with E-state index in [1.54, 1.807) is 30.3 Å². The molecule has 2 aromatic rings. The van der Waals surface area contributed by atoms with E-state index in [1.165, 1.54) is 6.07 Å². The summed E-state index contributed by atoms with van der Waals surface area (Å²) in [5, 5.41) is 13.3. The molecule has 1 amide bonds. The number of carboxylic acids is 1. The van der Waals surface area contributed by atoms with Gasteiger partial charge in [0.15, 0.2) is 0 Å². The van der Waals surface area contributed by atoms with Crippen LogP contribution in [0.4, 0.5) is 5.69 Å². The first kappa shape index (κ1) is 19.9. The first-order chi connectivity index (χ1) is 11.7. The van der Waals surface area contributed by atoms with Gasteiger partial charge in [-0.05, 0) is 35.9 Å². The summed E-state index contributed by atoms with van der Waals surface area (Å²) >= 11 is 23.8. The molecule has 2 N–H and O–H groups in total. The zero-order valence-electron chi connectivity index (χ0n) is 12.7. The lowest BCUT2D eigenvalue weighted by Crippen LogP contribution is -2.18. The molecule has 0 aromatic heterocycles. The number of hydrogen-bond acceptors (Lipinski definition) is 2. The number of nitrogens with one attached hydrogen (secondary N) is 1. The van der Waals surface area contributed by atoms with Crippen LogP contribution in [0.25, 0.3) is 0 Å². The number of halogens is 4. The Hall–Kier alpha value is -1.46. The van der Waals surface area contributed by atoms with Gasteiger partial charge in [-0.1, -0.05) is 52.5 Å². The van der Waals surface area contributed by atoms with Crippen molar-refractivity contribution in [2.45, 2.75) is 18.8 Å². The largest absolute Gasteiger partial charge is 0.481 e. The number of amides is 1. The standard InChI is InChI=1S/C17H13Cl4NO3/c18-10-1-2-14(15(21)8-10)9(4-17(24)25)3-16(23)22-13-6-11(19)5-12(20)7-13/h1-2,5-9H,3-4H2,(H,22,23)(H,24,25)/t9-/m0/s1. The molecular weight excluding hydrogens is 408 g/mol. The number of rotatable bonds is 6. The minimum Gasteiger partial charge on any atom is -0.481 e. The van der Waals surface area contributed by atoms with Crippen molar-refractivity contribution in [1.82, 2.24) is 0 Å². The lowest BCUT2D eigenvalue weighted by atomic mass is 9.92. The van der Waals surface area contributed by atoms with Gasteiger partial charge in [0.05, 0.1) is 6.42 Å². The number of carboxylic acid groups (broad SMARTS) is 1. The van der Waals surface area contributed by atoms with Crippen molar-refractivity contribution in [3.05, 3.63) is 62.1 Å². The normalized spacial score (nSPS) is 11.8. The van der Waals surface area contributed by atoms with Crippen LogP contribution in [0, 0.1) is 0 Å². The summed E-state index contributed by atoms with van der Waals surface area (Å²) in [5.74, 6) is -2.01. The Labute approximate surface area is 164 Å². The van der Waals surface area contributed by atoms with Gasteiger partial charge in [-0.3, -0.25) is 9.59 Å². The fourth-order valence-electron chi connectivity index (χ4n) is 2.40. The van der Waals surface area contributed by atoms with Gasteiger partial charge in [-0.25, -0.2) is 0 Å². The number of carbonyl (C=O) groups excluding carboxylic acids is 1. The highest BCUT2D eigenvalue weighted by atomic mass is 35.5. The van der Waals surface area contributed by atoms with Gasteiger partial charge in [-0.2, -0.15) is 0 Å². The van der Waals surface area contributed by atoms with Crippen molar-refractivity contribution < 1.29 is 14.7 Å². The maximum atomic E-state index is 12.3. The average molecular weight is 421 g/mol. The summed E-state index contributed by atoms with van der Waals surface area (Å²) in [6.07, 6.45) is -0.317. The predicted molar refractivity (Wildman–Crippen MR) is 101 cm³/mol. The maximum Gasteiger partial charge on any atom is 0.303 e. The number of anilines is 1. The van der Waals surface area contributed by atoms with Gasteiger partial charge in [0, 0.05) is 38.1 Å². The molecule has 4 nitrogen and oxygen atoms in total. The molecule has 0 aliphatic rings. The molecule has 0 spiro atoms. The SMILES string of the molecule is O=C(O)C[C@H](CC(=O)Nc1cc(Cl)cc(Cl)c1)c1ccc(Cl)cc1Cl. The van der Waals surface area contributed by atoms with Gasteiger partial charge in [-0.15, -0.1) is 0 Å². The Bertz CT molecular complexity index is 790. The molecule has 0 heterocycles. The monoisotopic (exact) mass is 419 g/mol. The van der Waals surface area contributed by atoms with E-state index < -0.39 is 11.9 Å². The third-order valence-corrected chi connectivity index (χ3v) is 4.40. The van der Waals surface area contributed by atoms with Crippen molar-refractivity contribution in [2.75, 3.05) is 5.32 Å². The minimum atomic E-state index is -1.03. The summed E-state index contributed by atoms with van der Waals surface area (Å²) in [6.45, 7) is 0. The van der Waals surface area contributed by atoms with Crippen LogP contribution < -0.4 is 5.32 Å². The van der Waals surface area contributed by atoms with E-state index in [-0.39, 0.29) is 18.7 Å². The van der Waals surface area contributed by atoms with E-state index >= 15 is 0 Å². The van der Waals surface area contributed by atoms with Gasteiger partial charge in [0.2, 0.25) is 5.91 Å². The molecule has 0 radical (unpaired) electrons. The lowest BCUT2D eigenvalue weighted by Gasteiger charge is -2.17. The Kier molecular flexibility index (Phi) is 6.96. The first-order valence-corrected chi connectivity index (χ1v) is 8.68. The fraction of sp³-hybridized carbons (Fsp3) is 0.176. The van der Waals surface area contributed by atoms with Gasteiger partial charge < -0.3 is 10.4 Å². The van der Waals surface area contributed by atoms with Crippen LogP contribution in [-0.2, 0) is 9.59 Å². The van der Waals surface area contributed by atoms with Crippen molar-refractivity contribution in [3.63, 3.8) is 0 Å². The number of aliphatic carboxylic acids is 1. The molecular formula is C17H13Cl4NO3. The third kappa shape index (κ3) is 6.08. The minimum absolute atomic E-state index is 0.0716. The van der Waals surface area contributed by atoms with Crippen LogP contribution in [-0.4, -0.2) is 17.0 Å². The van der Waals surface area contributed by atoms with Crippen molar-refractivity contribution in [2.24, 2.45) is 0 Å². The second-order valence-electron chi connectivity index (χ2n) is 5.37. The molecule has 0 unspecified atom stereocenters. The van der Waals surface area contributed by atoms with Crippen LogP contribution in [0.1, 0.15) is 24.3 Å². The topological polar surface area (TPSA) is 66.4 Å². The zero-order valence-corrected chi connectivity index (χ0v) is 15.8.